The Morgan fingerprint density at radius 3 is 3.04 bits per heavy atom. The lowest BCUT2D eigenvalue weighted by Crippen LogP contribution is -2.41. The molecule has 0 fully saturated rings. The van der Waals surface area contributed by atoms with Gasteiger partial charge in [0.15, 0.2) is 0 Å². The quantitative estimate of drug-likeness (QED) is 0.891. The standard InChI is InChI=1S/C18H18N2O2S2/c1-11-12-7-9-23-14(12)6-8-20(11)17(21)10-16-18(22)19-13-4-2-3-5-15(13)24-16/h2-5,7,9,11,16H,6,8,10H2,1H3,(H,19,22)/t11-,16-/m1/s1. The van der Waals surface area contributed by atoms with Gasteiger partial charge in [0, 0.05) is 22.7 Å². The van der Waals surface area contributed by atoms with E-state index < -0.39 is 0 Å². The molecule has 0 saturated heterocycles. The number of hydrogen-bond donors (Lipinski definition) is 1. The van der Waals surface area contributed by atoms with Gasteiger partial charge in [0.25, 0.3) is 0 Å². The number of amides is 2. The number of nitrogens with one attached hydrogen (secondary N) is 1. The predicted octanol–water partition coefficient (Wildman–Crippen LogP) is 3.70. The van der Waals surface area contributed by atoms with E-state index in [1.54, 1.807) is 11.3 Å². The molecule has 0 spiro atoms. The summed E-state index contributed by atoms with van der Waals surface area (Å²) in [5, 5.41) is 4.65. The molecule has 2 aliphatic heterocycles. The molecule has 4 nitrogen and oxygen atoms in total. The van der Waals surface area contributed by atoms with E-state index in [4.69, 9.17) is 0 Å². The third-order valence-corrected chi connectivity index (χ3v) is 6.94. The van der Waals surface area contributed by atoms with Crippen molar-refractivity contribution in [3.63, 3.8) is 0 Å². The lowest BCUT2D eigenvalue weighted by molar-refractivity contribution is -0.135. The summed E-state index contributed by atoms with van der Waals surface area (Å²) in [7, 11) is 0. The number of carbonyl (C=O) groups excluding carboxylic acids is 2. The van der Waals surface area contributed by atoms with Crippen LogP contribution in [0.1, 0.15) is 29.8 Å². The van der Waals surface area contributed by atoms with Gasteiger partial charge in [-0.25, -0.2) is 0 Å². The number of hydrogen-bond acceptors (Lipinski definition) is 4. The lowest BCUT2D eigenvalue weighted by Gasteiger charge is -2.35. The van der Waals surface area contributed by atoms with Crippen LogP contribution in [-0.4, -0.2) is 28.5 Å². The Hall–Kier alpha value is -1.79. The SMILES string of the molecule is C[C@@H]1c2ccsc2CCN1C(=O)C[C@H]1Sc2ccccc2NC1=O. The predicted molar refractivity (Wildman–Crippen MR) is 97.5 cm³/mol. The number of nitrogens with zero attached hydrogens (tertiary/aromatic N) is 1. The van der Waals surface area contributed by atoms with Crippen LogP contribution < -0.4 is 5.32 Å². The Morgan fingerprint density at radius 2 is 2.17 bits per heavy atom. The fourth-order valence-electron chi connectivity index (χ4n) is 3.35. The van der Waals surface area contributed by atoms with Gasteiger partial charge < -0.3 is 10.2 Å². The zero-order valence-corrected chi connectivity index (χ0v) is 15.0. The largest absolute Gasteiger partial charge is 0.335 e. The van der Waals surface area contributed by atoms with Gasteiger partial charge in [0.05, 0.1) is 17.0 Å². The molecule has 0 bridgehead atoms. The zero-order chi connectivity index (χ0) is 16.7. The van der Waals surface area contributed by atoms with Crippen LogP contribution in [0.25, 0.3) is 0 Å². The summed E-state index contributed by atoms with van der Waals surface area (Å²) >= 11 is 3.25. The average molecular weight is 358 g/mol. The van der Waals surface area contributed by atoms with Gasteiger partial charge >= 0.3 is 0 Å². The molecule has 2 aromatic rings. The molecule has 6 heteroatoms. The summed E-state index contributed by atoms with van der Waals surface area (Å²) in [5.41, 5.74) is 2.09. The number of fused-ring (bicyclic) bond motifs is 2. The summed E-state index contributed by atoms with van der Waals surface area (Å²) in [6.07, 6.45) is 1.16. The molecule has 1 aromatic carbocycles. The summed E-state index contributed by atoms with van der Waals surface area (Å²) in [6, 6.07) is 9.94. The van der Waals surface area contributed by atoms with E-state index in [0.29, 0.717) is 0 Å². The van der Waals surface area contributed by atoms with Crippen LogP contribution in [0.15, 0.2) is 40.6 Å². The highest BCUT2D eigenvalue weighted by molar-refractivity contribution is 8.01. The van der Waals surface area contributed by atoms with E-state index >= 15 is 0 Å². The first-order valence-corrected chi connectivity index (χ1v) is 9.81. The molecular formula is C18H18N2O2S2. The summed E-state index contributed by atoms with van der Waals surface area (Å²) < 4.78 is 0. The summed E-state index contributed by atoms with van der Waals surface area (Å²) in [4.78, 5) is 29.4. The maximum Gasteiger partial charge on any atom is 0.238 e. The van der Waals surface area contributed by atoms with Gasteiger partial charge in [0.2, 0.25) is 11.8 Å². The van der Waals surface area contributed by atoms with Crippen LogP contribution in [0.4, 0.5) is 5.69 Å². The second-order valence-electron chi connectivity index (χ2n) is 6.11. The van der Waals surface area contributed by atoms with Crippen molar-refractivity contribution >= 4 is 40.6 Å². The molecule has 24 heavy (non-hydrogen) atoms. The van der Waals surface area contributed by atoms with E-state index in [1.165, 1.54) is 22.2 Å². The highest BCUT2D eigenvalue weighted by atomic mass is 32.2. The van der Waals surface area contributed by atoms with Gasteiger partial charge in [-0.15, -0.1) is 23.1 Å². The Bertz CT molecular complexity index is 802. The maximum atomic E-state index is 12.8. The number of anilines is 1. The number of para-hydroxylation sites is 1. The minimum absolute atomic E-state index is 0.0615. The molecule has 2 amide bonds. The van der Waals surface area contributed by atoms with Crippen molar-refractivity contribution in [1.29, 1.82) is 0 Å². The third-order valence-electron chi connectivity index (χ3n) is 4.66. The number of benzene rings is 1. The Labute approximate surface area is 149 Å². The topological polar surface area (TPSA) is 49.4 Å². The zero-order valence-electron chi connectivity index (χ0n) is 13.3. The molecular weight excluding hydrogens is 340 g/mol. The van der Waals surface area contributed by atoms with Crippen LogP contribution in [-0.2, 0) is 16.0 Å². The smallest absolute Gasteiger partial charge is 0.238 e. The van der Waals surface area contributed by atoms with E-state index in [0.717, 1.165) is 23.5 Å². The third kappa shape index (κ3) is 2.74. The molecule has 3 heterocycles. The van der Waals surface area contributed by atoms with Gasteiger partial charge in [-0.2, -0.15) is 0 Å². The van der Waals surface area contributed by atoms with Crippen molar-refractivity contribution in [2.75, 3.05) is 11.9 Å². The highest BCUT2D eigenvalue weighted by Crippen LogP contribution is 2.38. The monoisotopic (exact) mass is 358 g/mol. The second kappa shape index (κ2) is 6.26. The second-order valence-corrected chi connectivity index (χ2v) is 8.35. The molecule has 2 aliphatic rings. The number of carbonyl (C=O) groups is 2. The van der Waals surface area contributed by atoms with E-state index in [2.05, 4.69) is 23.7 Å². The molecule has 124 valence electrons. The molecule has 2 atom stereocenters. The van der Waals surface area contributed by atoms with E-state index in [1.807, 2.05) is 29.2 Å². The normalized spacial score (nSPS) is 22.5. The average Bonchev–Trinajstić information content (AvgIpc) is 3.05. The van der Waals surface area contributed by atoms with Gasteiger partial charge in [-0.05, 0) is 42.5 Å². The molecule has 0 unspecified atom stereocenters. The van der Waals surface area contributed by atoms with Crippen molar-refractivity contribution < 1.29 is 9.59 Å². The van der Waals surface area contributed by atoms with E-state index in [-0.39, 0.29) is 29.5 Å². The summed E-state index contributed by atoms with van der Waals surface area (Å²) in [6.45, 7) is 2.81. The minimum atomic E-state index is -0.358. The first-order valence-electron chi connectivity index (χ1n) is 8.06. The van der Waals surface area contributed by atoms with Crippen molar-refractivity contribution in [3.05, 3.63) is 46.2 Å². The number of thiophene rings is 1. The highest BCUT2D eigenvalue weighted by Gasteiger charge is 2.33. The Balaban J connectivity index is 1.48. The maximum absolute atomic E-state index is 12.8. The fraction of sp³-hybridized carbons (Fsp3) is 0.333. The fourth-order valence-corrected chi connectivity index (χ4v) is 5.42. The van der Waals surface area contributed by atoms with Crippen LogP contribution in [0.3, 0.4) is 0 Å². The van der Waals surface area contributed by atoms with Crippen molar-refractivity contribution in [3.8, 4) is 0 Å². The number of rotatable bonds is 2. The molecule has 0 saturated carbocycles. The molecule has 4 rings (SSSR count). The van der Waals surface area contributed by atoms with Crippen LogP contribution in [0, 0.1) is 0 Å². The van der Waals surface area contributed by atoms with E-state index in [9.17, 15) is 9.59 Å². The molecule has 1 N–H and O–H groups in total. The van der Waals surface area contributed by atoms with Crippen LogP contribution >= 0.6 is 23.1 Å². The van der Waals surface area contributed by atoms with Crippen molar-refractivity contribution in [2.24, 2.45) is 0 Å². The minimum Gasteiger partial charge on any atom is -0.335 e. The number of thioether (sulfide) groups is 1. The lowest BCUT2D eigenvalue weighted by atomic mass is 10.0. The first-order chi connectivity index (χ1) is 11.6. The van der Waals surface area contributed by atoms with Gasteiger partial charge in [0.1, 0.15) is 0 Å². The van der Waals surface area contributed by atoms with Crippen molar-refractivity contribution in [2.45, 2.75) is 36.0 Å². The summed E-state index contributed by atoms with van der Waals surface area (Å²) in [5.74, 6) is -0.0145. The van der Waals surface area contributed by atoms with Crippen LogP contribution in [0.2, 0.25) is 0 Å². The van der Waals surface area contributed by atoms with Gasteiger partial charge in [-0.3, -0.25) is 9.59 Å². The van der Waals surface area contributed by atoms with Crippen LogP contribution in [0.5, 0.6) is 0 Å². The van der Waals surface area contributed by atoms with Crippen molar-refractivity contribution in [1.82, 2.24) is 4.90 Å². The van der Waals surface area contributed by atoms with Gasteiger partial charge in [-0.1, -0.05) is 12.1 Å². The molecule has 1 aromatic heterocycles. The Morgan fingerprint density at radius 1 is 1.33 bits per heavy atom. The Kier molecular flexibility index (Phi) is 4.10. The molecule has 0 aliphatic carbocycles. The first kappa shape index (κ1) is 15.7. The molecule has 0 radical (unpaired) electrons.